The Balaban J connectivity index is 2.31. The van der Waals surface area contributed by atoms with Crippen molar-refractivity contribution in [3.05, 3.63) is 35.9 Å². The van der Waals surface area contributed by atoms with Crippen LogP contribution >= 0.6 is 0 Å². The van der Waals surface area contributed by atoms with Gasteiger partial charge < -0.3 is 10.6 Å². The van der Waals surface area contributed by atoms with Crippen molar-refractivity contribution in [2.75, 3.05) is 13.1 Å². The Kier molecular flexibility index (Phi) is 5.15. The third kappa shape index (κ3) is 5.67. The molecule has 0 bridgehead atoms. The van der Waals surface area contributed by atoms with Gasteiger partial charge in [0.1, 0.15) is 6.54 Å². The van der Waals surface area contributed by atoms with Gasteiger partial charge in [0.05, 0.1) is 6.54 Å². The molecule has 1 amide bonds. The Morgan fingerprint density at radius 3 is 2.44 bits per heavy atom. The molecule has 0 radical (unpaired) electrons. The number of hydrogen-bond donors (Lipinski definition) is 2. The minimum absolute atomic E-state index is 0.0946. The molecule has 1 aromatic rings. The highest BCUT2D eigenvalue weighted by atomic mass is 19.4. The van der Waals surface area contributed by atoms with Crippen LogP contribution in [0.4, 0.5) is 13.2 Å². The average molecular weight is 260 g/mol. The zero-order chi connectivity index (χ0) is 13.6. The monoisotopic (exact) mass is 260 g/mol. The smallest absolute Gasteiger partial charge is 0.346 e. The summed E-state index contributed by atoms with van der Waals surface area (Å²) in [6, 6.07) is 9.25. The van der Waals surface area contributed by atoms with Crippen molar-refractivity contribution in [1.29, 1.82) is 0 Å². The van der Waals surface area contributed by atoms with Gasteiger partial charge in [0.15, 0.2) is 0 Å². The van der Waals surface area contributed by atoms with E-state index in [-0.39, 0.29) is 12.6 Å². The summed E-state index contributed by atoms with van der Waals surface area (Å²) in [5.41, 5.74) is 0.973. The summed E-state index contributed by atoms with van der Waals surface area (Å²) in [6.07, 6.45) is -4.37. The third-order valence-electron chi connectivity index (χ3n) is 2.35. The number of hydrogen-bond acceptors (Lipinski definition) is 2. The second-order valence-electron chi connectivity index (χ2n) is 3.91. The maximum atomic E-state index is 11.8. The molecule has 0 saturated heterocycles. The standard InChI is InChI=1S/C12H15F3N2O/c1-9(10-5-3-2-4-6-10)16-7-11(18)17-8-12(13,14)15/h2-6,9,16H,7-8H2,1H3,(H,17,18)/t9-/m1/s1. The van der Waals surface area contributed by atoms with Gasteiger partial charge in [0, 0.05) is 6.04 Å². The van der Waals surface area contributed by atoms with E-state index in [2.05, 4.69) is 5.32 Å². The molecular weight excluding hydrogens is 245 g/mol. The molecule has 0 aromatic heterocycles. The summed E-state index contributed by atoms with van der Waals surface area (Å²) in [5.74, 6) is -0.671. The molecule has 1 aromatic carbocycles. The molecule has 0 aliphatic heterocycles. The summed E-state index contributed by atoms with van der Waals surface area (Å²) in [6.45, 7) is 0.395. The molecule has 18 heavy (non-hydrogen) atoms. The van der Waals surface area contributed by atoms with Crippen LogP contribution in [0.2, 0.25) is 0 Å². The van der Waals surface area contributed by atoms with Crippen LogP contribution in [0.15, 0.2) is 30.3 Å². The van der Waals surface area contributed by atoms with Gasteiger partial charge in [-0.15, -0.1) is 0 Å². The molecule has 0 aliphatic rings. The summed E-state index contributed by atoms with van der Waals surface area (Å²) in [7, 11) is 0. The Hall–Kier alpha value is -1.56. The highest BCUT2D eigenvalue weighted by Gasteiger charge is 2.27. The maximum absolute atomic E-state index is 11.8. The predicted octanol–water partition coefficient (Wildman–Crippen LogP) is 2.02. The molecule has 0 fully saturated rings. The first-order chi connectivity index (χ1) is 8.38. The van der Waals surface area contributed by atoms with Crippen molar-refractivity contribution in [3.63, 3.8) is 0 Å². The zero-order valence-corrected chi connectivity index (χ0v) is 9.92. The maximum Gasteiger partial charge on any atom is 0.405 e. The SMILES string of the molecule is C[C@@H](NCC(=O)NCC(F)(F)F)c1ccccc1. The van der Waals surface area contributed by atoms with Crippen molar-refractivity contribution in [2.24, 2.45) is 0 Å². The van der Waals surface area contributed by atoms with E-state index in [9.17, 15) is 18.0 Å². The molecular formula is C12H15F3N2O. The van der Waals surface area contributed by atoms with E-state index in [1.54, 1.807) is 5.32 Å². The van der Waals surface area contributed by atoms with Gasteiger partial charge in [0.2, 0.25) is 5.91 Å². The third-order valence-corrected chi connectivity index (χ3v) is 2.35. The van der Waals surface area contributed by atoms with Gasteiger partial charge in [-0.05, 0) is 12.5 Å². The first-order valence-corrected chi connectivity index (χ1v) is 5.50. The van der Waals surface area contributed by atoms with E-state index >= 15 is 0 Å². The van der Waals surface area contributed by atoms with Crippen molar-refractivity contribution < 1.29 is 18.0 Å². The van der Waals surface area contributed by atoms with Crippen molar-refractivity contribution >= 4 is 5.91 Å². The predicted molar refractivity (Wildman–Crippen MR) is 61.9 cm³/mol. The second kappa shape index (κ2) is 6.39. The molecule has 100 valence electrons. The number of halogens is 3. The van der Waals surface area contributed by atoms with E-state index in [4.69, 9.17) is 0 Å². The van der Waals surface area contributed by atoms with Crippen LogP contribution in [0, 0.1) is 0 Å². The van der Waals surface area contributed by atoms with Crippen LogP contribution in [0.25, 0.3) is 0 Å². The highest BCUT2D eigenvalue weighted by Crippen LogP contribution is 2.12. The van der Waals surface area contributed by atoms with Gasteiger partial charge in [-0.2, -0.15) is 13.2 Å². The van der Waals surface area contributed by atoms with Crippen LogP contribution in [-0.2, 0) is 4.79 Å². The van der Waals surface area contributed by atoms with E-state index < -0.39 is 18.6 Å². The number of alkyl halides is 3. The molecule has 1 rings (SSSR count). The van der Waals surface area contributed by atoms with Gasteiger partial charge >= 0.3 is 6.18 Å². The molecule has 0 saturated carbocycles. The zero-order valence-electron chi connectivity index (χ0n) is 9.92. The summed E-state index contributed by atoms with van der Waals surface area (Å²) in [5, 5.41) is 4.66. The van der Waals surface area contributed by atoms with Crippen LogP contribution in [0.3, 0.4) is 0 Å². The minimum atomic E-state index is -4.37. The molecule has 6 heteroatoms. The Morgan fingerprint density at radius 2 is 1.89 bits per heavy atom. The van der Waals surface area contributed by atoms with Crippen molar-refractivity contribution in [1.82, 2.24) is 10.6 Å². The Bertz CT molecular complexity index is 379. The topological polar surface area (TPSA) is 41.1 Å². The number of benzene rings is 1. The Labute approximate surface area is 103 Å². The van der Waals surface area contributed by atoms with E-state index in [0.29, 0.717) is 0 Å². The molecule has 0 unspecified atom stereocenters. The van der Waals surface area contributed by atoms with Gasteiger partial charge in [-0.25, -0.2) is 0 Å². The van der Waals surface area contributed by atoms with Crippen LogP contribution < -0.4 is 10.6 Å². The fourth-order valence-electron chi connectivity index (χ4n) is 1.37. The number of amides is 1. The number of carbonyl (C=O) groups is 1. The van der Waals surface area contributed by atoms with Gasteiger partial charge in [-0.3, -0.25) is 4.79 Å². The largest absolute Gasteiger partial charge is 0.405 e. The lowest BCUT2D eigenvalue weighted by atomic mass is 10.1. The minimum Gasteiger partial charge on any atom is -0.346 e. The summed E-state index contributed by atoms with van der Waals surface area (Å²) in [4.78, 5) is 11.2. The fraction of sp³-hybridized carbons (Fsp3) is 0.417. The van der Waals surface area contributed by atoms with Gasteiger partial charge in [-0.1, -0.05) is 30.3 Å². The average Bonchev–Trinajstić information content (AvgIpc) is 2.33. The van der Waals surface area contributed by atoms with E-state index in [1.807, 2.05) is 37.3 Å². The van der Waals surface area contributed by atoms with Gasteiger partial charge in [0.25, 0.3) is 0 Å². The first-order valence-electron chi connectivity index (χ1n) is 5.50. The molecule has 2 N–H and O–H groups in total. The number of nitrogens with one attached hydrogen (secondary N) is 2. The number of carbonyl (C=O) groups excluding carboxylic acids is 1. The normalized spacial score (nSPS) is 13.1. The molecule has 0 spiro atoms. The van der Waals surface area contributed by atoms with Crippen LogP contribution in [-0.4, -0.2) is 25.2 Å². The molecule has 3 nitrogen and oxygen atoms in total. The summed E-state index contributed by atoms with van der Waals surface area (Å²) < 4.78 is 35.5. The van der Waals surface area contributed by atoms with E-state index in [0.717, 1.165) is 5.56 Å². The fourth-order valence-corrected chi connectivity index (χ4v) is 1.37. The highest BCUT2D eigenvalue weighted by molar-refractivity contribution is 5.78. The van der Waals surface area contributed by atoms with Crippen LogP contribution in [0.5, 0.6) is 0 Å². The lowest BCUT2D eigenvalue weighted by molar-refractivity contribution is -0.137. The lowest BCUT2D eigenvalue weighted by Gasteiger charge is -2.14. The van der Waals surface area contributed by atoms with Crippen LogP contribution in [0.1, 0.15) is 18.5 Å². The lowest BCUT2D eigenvalue weighted by Crippen LogP contribution is -2.39. The molecule has 1 atom stereocenters. The van der Waals surface area contributed by atoms with Crippen molar-refractivity contribution in [3.8, 4) is 0 Å². The first kappa shape index (κ1) is 14.5. The molecule has 0 heterocycles. The van der Waals surface area contributed by atoms with Crippen molar-refractivity contribution in [2.45, 2.75) is 19.1 Å². The summed E-state index contributed by atoms with van der Waals surface area (Å²) >= 11 is 0. The second-order valence-corrected chi connectivity index (χ2v) is 3.91. The molecule has 0 aliphatic carbocycles. The quantitative estimate of drug-likeness (QED) is 0.850. The number of rotatable bonds is 5. The Morgan fingerprint density at radius 1 is 1.28 bits per heavy atom. The van der Waals surface area contributed by atoms with E-state index in [1.165, 1.54) is 0 Å².